The zero-order valence-electron chi connectivity index (χ0n) is 13.1. The monoisotopic (exact) mass is 260 g/mol. The molecule has 0 rings (SSSR count). The van der Waals surface area contributed by atoms with Gasteiger partial charge in [0.15, 0.2) is 8.32 Å². The van der Waals surface area contributed by atoms with Gasteiger partial charge in [-0.1, -0.05) is 41.5 Å². The van der Waals surface area contributed by atoms with E-state index < -0.39 is 8.32 Å². The van der Waals surface area contributed by atoms with E-state index in [0.29, 0.717) is 0 Å². The Balaban J connectivity index is 4.17. The van der Waals surface area contributed by atoms with Crippen molar-refractivity contribution in [3.05, 3.63) is 0 Å². The molecule has 0 unspecified atom stereocenters. The number of hydrogen-bond acceptors (Lipinski definition) is 2. The Bertz CT molecular complexity index is 217. The predicted octanol–water partition coefficient (Wildman–Crippen LogP) is 4.46. The lowest BCUT2D eigenvalue weighted by Gasteiger charge is -2.39. The maximum Gasteiger partial charge on any atom is 0.192 e. The molecule has 0 aromatic carbocycles. The number of ether oxygens (including phenoxy) is 1. The van der Waals surface area contributed by atoms with Crippen LogP contribution in [0.1, 0.15) is 48.0 Å². The summed E-state index contributed by atoms with van der Waals surface area (Å²) in [4.78, 5) is 0. The van der Waals surface area contributed by atoms with Crippen molar-refractivity contribution in [2.45, 2.75) is 66.1 Å². The quantitative estimate of drug-likeness (QED) is 0.497. The van der Waals surface area contributed by atoms with Gasteiger partial charge in [0.05, 0.1) is 6.61 Å². The van der Waals surface area contributed by atoms with Crippen LogP contribution < -0.4 is 0 Å². The van der Waals surface area contributed by atoms with Gasteiger partial charge in [-0.3, -0.25) is 0 Å². The minimum Gasteiger partial charge on any atom is -0.416 e. The van der Waals surface area contributed by atoms with Crippen LogP contribution in [0.5, 0.6) is 0 Å². The molecule has 0 atom stereocenters. The molecular weight excluding hydrogens is 228 g/mol. The molecule has 0 N–H and O–H groups in total. The van der Waals surface area contributed by atoms with Crippen molar-refractivity contribution in [3.8, 4) is 0 Å². The third-order valence-electron chi connectivity index (χ3n) is 3.47. The van der Waals surface area contributed by atoms with E-state index >= 15 is 0 Å². The number of hydrogen-bond donors (Lipinski definition) is 0. The molecule has 17 heavy (non-hydrogen) atoms. The SMILES string of the molecule is CCCOCC(C)(C)CO[Si](C)(C)C(C)(C)C. The summed E-state index contributed by atoms with van der Waals surface area (Å²) in [5, 5.41) is 0.285. The van der Waals surface area contributed by atoms with E-state index in [0.717, 1.165) is 26.2 Å². The van der Waals surface area contributed by atoms with Crippen molar-refractivity contribution in [2.75, 3.05) is 19.8 Å². The Morgan fingerprint density at radius 3 is 1.88 bits per heavy atom. The van der Waals surface area contributed by atoms with Gasteiger partial charge in [-0.25, -0.2) is 0 Å². The van der Waals surface area contributed by atoms with Crippen LogP contribution >= 0.6 is 0 Å². The van der Waals surface area contributed by atoms with E-state index in [1.807, 2.05) is 0 Å². The Morgan fingerprint density at radius 2 is 1.47 bits per heavy atom. The maximum atomic E-state index is 6.25. The zero-order chi connectivity index (χ0) is 13.7. The van der Waals surface area contributed by atoms with E-state index in [4.69, 9.17) is 9.16 Å². The van der Waals surface area contributed by atoms with Gasteiger partial charge in [0.2, 0.25) is 0 Å². The average Bonchev–Trinajstić information content (AvgIpc) is 2.14. The molecule has 2 nitrogen and oxygen atoms in total. The lowest BCUT2D eigenvalue weighted by atomic mass is 9.97. The van der Waals surface area contributed by atoms with E-state index in [-0.39, 0.29) is 10.5 Å². The van der Waals surface area contributed by atoms with Crippen molar-refractivity contribution in [3.63, 3.8) is 0 Å². The highest BCUT2D eigenvalue weighted by Gasteiger charge is 2.38. The van der Waals surface area contributed by atoms with Gasteiger partial charge in [-0.05, 0) is 24.6 Å². The molecule has 0 aromatic rings. The van der Waals surface area contributed by atoms with Crippen molar-refractivity contribution in [1.29, 1.82) is 0 Å². The highest BCUT2D eigenvalue weighted by atomic mass is 28.4. The van der Waals surface area contributed by atoms with Crippen LogP contribution in [0.2, 0.25) is 18.1 Å². The first kappa shape index (κ1) is 17.1. The third kappa shape index (κ3) is 6.58. The highest BCUT2D eigenvalue weighted by molar-refractivity contribution is 6.74. The fourth-order valence-corrected chi connectivity index (χ4v) is 2.31. The molecule has 0 spiro atoms. The molecule has 0 bridgehead atoms. The molecule has 0 fully saturated rings. The van der Waals surface area contributed by atoms with Crippen LogP contribution in [0.15, 0.2) is 0 Å². The van der Waals surface area contributed by atoms with Gasteiger partial charge in [0, 0.05) is 18.6 Å². The van der Waals surface area contributed by atoms with Crippen LogP contribution in [-0.2, 0) is 9.16 Å². The van der Waals surface area contributed by atoms with Crippen molar-refractivity contribution in [1.82, 2.24) is 0 Å². The summed E-state index contributed by atoms with van der Waals surface area (Å²) in [7, 11) is -1.62. The number of rotatable bonds is 7. The fourth-order valence-electron chi connectivity index (χ4n) is 1.13. The van der Waals surface area contributed by atoms with E-state index in [9.17, 15) is 0 Å². The van der Waals surface area contributed by atoms with Gasteiger partial charge in [-0.15, -0.1) is 0 Å². The minimum absolute atomic E-state index is 0.116. The molecule has 3 heteroatoms. The largest absolute Gasteiger partial charge is 0.416 e. The maximum absolute atomic E-state index is 6.25. The molecule has 0 heterocycles. The average molecular weight is 260 g/mol. The smallest absolute Gasteiger partial charge is 0.192 e. The molecule has 0 aromatic heterocycles. The van der Waals surface area contributed by atoms with E-state index in [2.05, 4.69) is 54.6 Å². The van der Waals surface area contributed by atoms with Crippen molar-refractivity contribution in [2.24, 2.45) is 5.41 Å². The second-order valence-corrected chi connectivity index (χ2v) is 12.1. The molecule has 0 aliphatic carbocycles. The fraction of sp³-hybridized carbons (Fsp3) is 1.00. The first-order chi connectivity index (χ1) is 7.52. The summed E-state index contributed by atoms with van der Waals surface area (Å²) >= 11 is 0. The minimum atomic E-state index is -1.62. The topological polar surface area (TPSA) is 18.5 Å². The summed E-state index contributed by atoms with van der Waals surface area (Å²) in [5.74, 6) is 0. The van der Waals surface area contributed by atoms with Crippen LogP contribution in [0.25, 0.3) is 0 Å². The van der Waals surface area contributed by atoms with Gasteiger partial charge in [0.1, 0.15) is 0 Å². The molecule has 0 aliphatic rings. The first-order valence-electron chi connectivity index (χ1n) is 6.73. The van der Waals surface area contributed by atoms with Crippen molar-refractivity contribution >= 4 is 8.32 Å². The molecule has 0 aliphatic heterocycles. The van der Waals surface area contributed by atoms with Gasteiger partial charge in [0.25, 0.3) is 0 Å². The highest BCUT2D eigenvalue weighted by Crippen LogP contribution is 2.37. The summed E-state index contributed by atoms with van der Waals surface area (Å²) in [6, 6.07) is 0. The first-order valence-corrected chi connectivity index (χ1v) is 9.64. The van der Waals surface area contributed by atoms with Crippen LogP contribution in [0.3, 0.4) is 0 Å². The second-order valence-electron chi connectivity index (χ2n) is 7.27. The Morgan fingerprint density at radius 1 is 0.941 bits per heavy atom. The molecule has 0 saturated carbocycles. The predicted molar refractivity (Wildman–Crippen MR) is 78.0 cm³/mol. The molecule has 0 saturated heterocycles. The lowest BCUT2D eigenvalue weighted by Crippen LogP contribution is -2.43. The zero-order valence-corrected chi connectivity index (χ0v) is 14.1. The van der Waals surface area contributed by atoms with E-state index in [1.54, 1.807) is 0 Å². The van der Waals surface area contributed by atoms with Gasteiger partial charge >= 0.3 is 0 Å². The Labute approximate surface area is 109 Å². The normalized spacial score (nSPS) is 14.1. The molecular formula is C14H32O2Si. The molecule has 104 valence electrons. The summed E-state index contributed by atoms with van der Waals surface area (Å²) < 4.78 is 11.9. The van der Waals surface area contributed by atoms with Gasteiger partial charge < -0.3 is 9.16 Å². The van der Waals surface area contributed by atoms with Crippen LogP contribution in [0, 0.1) is 5.41 Å². The molecule has 0 radical (unpaired) electrons. The van der Waals surface area contributed by atoms with Crippen LogP contribution in [0.4, 0.5) is 0 Å². The molecule has 0 amide bonds. The van der Waals surface area contributed by atoms with Gasteiger partial charge in [-0.2, -0.15) is 0 Å². The Hall–Kier alpha value is 0.137. The lowest BCUT2D eigenvalue weighted by molar-refractivity contribution is 0.0315. The summed E-state index contributed by atoms with van der Waals surface area (Å²) in [6.45, 7) is 20.4. The van der Waals surface area contributed by atoms with Crippen molar-refractivity contribution < 1.29 is 9.16 Å². The second kappa shape index (κ2) is 6.35. The van der Waals surface area contributed by atoms with Crippen LogP contribution in [-0.4, -0.2) is 28.1 Å². The summed E-state index contributed by atoms with van der Waals surface area (Å²) in [5.41, 5.74) is 0.116. The standard InChI is InChI=1S/C14H32O2Si/c1-9-10-15-11-14(5,6)12-16-17(7,8)13(2,3)4/h9-12H2,1-8H3. The third-order valence-corrected chi connectivity index (χ3v) is 7.95. The van der Waals surface area contributed by atoms with E-state index in [1.165, 1.54) is 0 Å². The Kier molecular flexibility index (Phi) is 6.40. The summed E-state index contributed by atoms with van der Waals surface area (Å²) in [6.07, 6.45) is 1.08.